The topological polar surface area (TPSA) is 20.9 Å². The number of fused-ring (bicyclic) bond motifs is 1. The SMILES string of the molecule is Cc1ccc2c(cc(C)c(C)[n+]2CC(=O)c2ccccc2)c1C.FC(F)(F)c1cc([B-](c2cc(C(F)(F)F)cc(C(F)(F)F)c2)(c2cc(C(F)(F)F)cc(C(F)(F)F)c2)c2cc(C(F)(F)F)cc(C(F)(F)F)c2)cc(C(F)(F)F)c1. The zero-order valence-electron chi connectivity index (χ0n) is 40.8. The molecule has 0 radical (unpaired) electrons. The van der Waals surface area contributed by atoms with Crippen molar-refractivity contribution in [3.8, 4) is 0 Å². The summed E-state index contributed by atoms with van der Waals surface area (Å²) in [5, 5.41) is 1.23. The Morgan fingerprint density at radius 3 is 0.900 bits per heavy atom. The van der Waals surface area contributed by atoms with E-state index in [1.54, 1.807) is 0 Å². The number of aryl methyl sites for hydroxylation is 3. The third-order valence-electron chi connectivity index (χ3n) is 13.2. The van der Waals surface area contributed by atoms with Crippen molar-refractivity contribution in [1.82, 2.24) is 0 Å². The van der Waals surface area contributed by atoms with Crippen LogP contribution in [0.4, 0.5) is 105 Å². The van der Waals surface area contributed by atoms with Gasteiger partial charge in [0, 0.05) is 29.5 Å². The molecule has 0 aliphatic rings. The maximum Gasteiger partial charge on any atom is 0.416 e. The summed E-state index contributed by atoms with van der Waals surface area (Å²) in [6, 6.07) is 7.20. The largest absolute Gasteiger partial charge is 0.416 e. The van der Waals surface area contributed by atoms with Crippen LogP contribution in [0.2, 0.25) is 0 Å². The number of rotatable bonds is 7. The first-order chi connectivity index (χ1) is 36.2. The second kappa shape index (κ2) is 21.0. The Bertz CT molecular complexity index is 3030. The van der Waals surface area contributed by atoms with Crippen molar-refractivity contribution in [2.24, 2.45) is 0 Å². The molecular weight excluding hydrogens is 1130 g/mol. The number of hydrogen-bond donors (Lipinski definition) is 0. The predicted molar refractivity (Wildman–Crippen MR) is 244 cm³/mol. The number of halogens is 24. The molecule has 0 unspecified atom stereocenters. The summed E-state index contributed by atoms with van der Waals surface area (Å²) >= 11 is 0. The fraction of sp³-hybridized carbons (Fsp3) is 0.245. The number of alkyl halides is 24. The fourth-order valence-corrected chi connectivity index (χ4v) is 9.09. The zero-order chi connectivity index (χ0) is 60.5. The number of carbonyl (C=O) groups excluding carboxylic acids is 1. The van der Waals surface area contributed by atoms with Crippen LogP contribution in [0, 0.1) is 27.7 Å². The number of benzene rings is 6. The van der Waals surface area contributed by atoms with Crippen molar-refractivity contribution in [1.29, 1.82) is 0 Å². The van der Waals surface area contributed by atoms with Gasteiger partial charge < -0.3 is 0 Å². The summed E-state index contributed by atoms with van der Waals surface area (Å²) in [4.78, 5) is 12.7. The van der Waals surface area contributed by atoms with Crippen LogP contribution in [0.3, 0.4) is 0 Å². The normalized spacial score (nSPS) is 13.3. The Morgan fingerprint density at radius 2 is 0.637 bits per heavy atom. The first kappa shape index (κ1) is 62.0. The van der Waals surface area contributed by atoms with Gasteiger partial charge in [-0.15, -0.1) is 0 Å². The Morgan fingerprint density at radius 1 is 0.362 bits per heavy atom. The second-order valence-corrected chi connectivity index (χ2v) is 18.5. The Labute approximate surface area is 436 Å². The number of ketones is 1. The van der Waals surface area contributed by atoms with Crippen molar-refractivity contribution in [2.75, 3.05) is 0 Å². The van der Waals surface area contributed by atoms with E-state index in [0.29, 0.717) is 6.54 Å². The smallest absolute Gasteiger partial charge is 0.287 e. The monoisotopic (exact) mass is 1170 g/mol. The summed E-state index contributed by atoms with van der Waals surface area (Å²) in [5.41, 5.74) is -23.4. The predicted octanol–water partition coefficient (Wildman–Crippen LogP) is 15.5. The Hall–Kier alpha value is -7.22. The van der Waals surface area contributed by atoms with Crippen molar-refractivity contribution in [2.45, 2.75) is 83.7 Å². The van der Waals surface area contributed by atoms with Crippen LogP contribution in [0.15, 0.2) is 121 Å². The number of carbonyl (C=O) groups is 1. The van der Waals surface area contributed by atoms with E-state index in [9.17, 15) is 110 Å². The van der Waals surface area contributed by atoms with Crippen LogP contribution >= 0.6 is 0 Å². The minimum absolute atomic E-state index is 0.142. The molecule has 0 fully saturated rings. The summed E-state index contributed by atoms with van der Waals surface area (Å²) in [7, 11) is 0. The number of nitrogens with zero attached hydrogens (tertiary/aromatic N) is 1. The van der Waals surface area contributed by atoms with Gasteiger partial charge in [0.1, 0.15) is 6.15 Å². The van der Waals surface area contributed by atoms with E-state index in [4.69, 9.17) is 0 Å². The van der Waals surface area contributed by atoms with Crippen molar-refractivity contribution < 1.29 is 115 Å². The van der Waals surface area contributed by atoms with Crippen LogP contribution in [0.1, 0.15) is 77.2 Å². The molecule has 0 saturated heterocycles. The lowest BCUT2D eigenvalue weighted by Gasteiger charge is -2.46. The molecular formula is C53H34BF24NO. The molecule has 7 rings (SSSR count). The number of aromatic nitrogens is 1. The van der Waals surface area contributed by atoms with E-state index in [0.717, 1.165) is 16.8 Å². The summed E-state index contributed by atoms with van der Waals surface area (Å²) < 4.78 is 343. The molecule has 2 nitrogen and oxygen atoms in total. The van der Waals surface area contributed by atoms with Crippen molar-refractivity contribution in [3.05, 3.63) is 194 Å². The van der Waals surface area contributed by atoms with Crippen LogP contribution in [0.25, 0.3) is 10.9 Å². The quantitative estimate of drug-likeness (QED) is 0.0674. The van der Waals surface area contributed by atoms with Crippen LogP contribution < -0.4 is 26.4 Å². The molecule has 0 bridgehead atoms. The highest BCUT2D eigenvalue weighted by Gasteiger charge is 2.47. The van der Waals surface area contributed by atoms with Gasteiger partial charge in [-0.3, -0.25) is 4.79 Å². The molecule has 0 N–H and O–H groups in total. The number of pyridine rings is 1. The van der Waals surface area contributed by atoms with Gasteiger partial charge in [0.2, 0.25) is 17.8 Å². The van der Waals surface area contributed by atoms with Gasteiger partial charge in [-0.1, -0.05) is 84.9 Å². The minimum atomic E-state index is -6.13. The van der Waals surface area contributed by atoms with E-state index in [-0.39, 0.29) is 5.78 Å². The Kier molecular flexibility index (Phi) is 16.3. The van der Waals surface area contributed by atoms with Gasteiger partial charge >= 0.3 is 49.4 Å². The highest BCUT2D eigenvalue weighted by molar-refractivity contribution is 7.20. The van der Waals surface area contributed by atoms with Crippen LogP contribution in [-0.4, -0.2) is 11.9 Å². The maximum atomic E-state index is 14.2. The third-order valence-corrected chi connectivity index (χ3v) is 13.2. The van der Waals surface area contributed by atoms with E-state index in [2.05, 4.69) is 50.5 Å². The molecule has 0 aliphatic carbocycles. The van der Waals surface area contributed by atoms with Gasteiger partial charge in [0.15, 0.2) is 5.69 Å². The van der Waals surface area contributed by atoms with Crippen LogP contribution in [-0.2, 0) is 56.0 Å². The molecule has 0 amide bonds. The van der Waals surface area contributed by atoms with Gasteiger partial charge in [-0.2, -0.15) is 132 Å². The summed E-state index contributed by atoms with van der Waals surface area (Å²) in [5.74, 6) is 0.142. The molecule has 0 atom stereocenters. The fourth-order valence-electron chi connectivity index (χ4n) is 9.09. The average Bonchev–Trinajstić information content (AvgIpc) is 3.48. The lowest BCUT2D eigenvalue weighted by atomic mass is 9.12. The molecule has 27 heteroatoms. The molecule has 1 aromatic heterocycles. The first-order valence-corrected chi connectivity index (χ1v) is 22.6. The molecule has 0 aliphatic heterocycles. The average molecular weight is 1170 g/mol. The van der Waals surface area contributed by atoms with E-state index < -0.39 is 195 Å². The zero-order valence-corrected chi connectivity index (χ0v) is 40.8. The Balaban J connectivity index is 0.000000370. The molecule has 80 heavy (non-hydrogen) atoms. The maximum absolute atomic E-state index is 14.2. The van der Waals surface area contributed by atoms with Gasteiger partial charge in [0.05, 0.1) is 44.5 Å². The standard InChI is InChI=1S/C32H12BF24.C21H22NO/c34-25(35,36)13-1-14(26(37,38)39)6-21(5-13)33(22-7-15(27(40,41)42)2-16(8-22)28(43,44)45,23-9-17(29(46,47)48)3-18(10-23)30(49,50)51)24-11-19(31(52,53)54)4-20(12-24)32(55,56)57;1-14-10-11-20-19(16(14)3)12-15(2)17(4)22(20)13-21(23)18-8-6-5-7-9-18/h1-12H;5-12H,13H2,1-4H3/q-1;+1. The number of hydrogen-bond acceptors (Lipinski definition) is 1. The van der Waals surface area contributed by atoms with E-state index in [1.807, 2.05) is 30.3 Å². The molecule has 0 spiro atoms. The summed E-state index contributed by atoms with van der Waals surface area (Å²) in [6.45, 7) is 8.85. The van der Waals surface area contributed by atoms with Gasteiger partial charge in [-0.25, -0.2) is 0 Å². The van der Waals surface area contributed by atoms with Crippen molar-refractivity contribution in [3.63, 3.8) is 0 Å². The lowest BCUT2D eigenvalue weighted by molar-refractivity contribution is -0.663. The van der Waals surface area contributed by atoms with E-state index in [1.165, 1.54) is 22.1 Å². The molecule has 7 aromatic rings. The minimum Gasteiger partial charge on any atom is -0.287 e. The van der Waals surface area contributed by atoms with E-state index >= 15 is 0 Å². The molecule has 6 aromatic carbocycles. The van der Waals surface area contributed by atoms with Crippen LogP contribution in [0.5, 0.6) is 0 Å². The highest BCUT2D eigenvalue weighted by atomic mass is 19.4. The van der Waals surface area contributed by atoms with Crippen molar-refractivity contribution >= 4 is 44.7 Å². The second-order valence-electron chi connectivity index (χ2n) is 18.5. The lowest BCUT2D eigenvalue weighted by Crippen LogP contribution is -2.75. The molecule has 1 heterocycles. The van der Waals surface area contributed by atoms with Gasteiger partial charge in [0.25, 0.3) is 0 Å². The number of Topliss-reactive ketones (excluding diaryl/α,β-unsaturated/α-hetero) is 1. The highest BCUT2D eigenvalue weighted by Crippen LogP contribution is 2.41. The third kappa shape index (κ3) is 13.2. The molecule has 0 saturated carbocycles. The molecule has 428 valence electrons. The van der Waals surface area contributed by atoms with Gasteiger partial charge in [-0.05, 0) is 62.2 Å². The first-order valence-electron chi connectivity index (χ1n) is 22.6. The summed E-state index contributed by atoms with van der Waals surface area (Å²) in [6.07, 6.45) is -54.8.